The second-order valence-corrected chi connectivity index (χ2v) is 3.26. The molecule has 0 radical (unpaired) electrons. The topological polar surface area (TPSA) is 46.9 Å². The molecule has 1 N–H and O–H groups in total. The van der Waals surface area contributed by atoms with Crippen LogP contribution in [0.15, 0.2) is 0 Å². The van der Waals surface area contributed by atoms with E-state index in [9.17, 15) is 4.79 Å². The van der Waals surface area contributed by atoms with Gasteiger partial charge in [-0.1, -0.05) is 6.92 Å². The van der Waals surface area contributed by atoms with Gasteiger partial charge in [0.05, 0.1) is 17.1 Å². The minimum atomic E-state index is 0.0341. The minimum Gasteiger partial charge on any atom is -0.323 e. The Morgan fingerprint density at radius 1 is 1.43 bits per heavy atom. The Hall–Kier alpha value is -1.32. The van der Waals surface area contributed by atoms with Crippen molar-refractivity contribution in [2.75, 3.05) is 5.32 Å². The fraction of sp³-hybridized carbons (Fsp3) is 0.600. The molecule has 0 bridgehead atoms. The summed E-state index contributed by atoms with van der Waals surface area (Å²) in [5.41, 5.74) is 2.76. The highest BCUT2D eigenvalue weighted by atomic mass is 16.1. The molecule has 1 amide bonds. The van der Waals surface area contributed by atoms with E-state index in [1.807, 2.05) is 32.4 Å². The molecule has 0 aliphatic carbocycles. The van der Waals surface area contributed by atoms with Gasteiger partial charge in [0.2, 0.25) is 5.91 Å². The van der Waals surface area contributed by atoms with Crippen LogP contribution in [0.4, 0.5) is 5.69 Å². The molecule has 0 saturated carbocycles. The molecule has 1 heterocycles. The Kier molecular flexibility index (Phi) is 3.28. The molecule has 4 heteroatoms. The summed E-state index contributed by atoms with van der Waals surface area (Å²) in [5.74, 6) is 0.0341. The van der Waals surface area contributed by atoms with Gasteiger partial charge in [-0.15, -0.1) is 0 Å². The van der Waals surface area contributed by atoms with Crippen LogP contribution in [0, 0.1) is 13.8 Å². The number of aromatic nitrogens is 2. The monoisotopic (exact) mass is 195 g/mol. The number of carbonyl (C=O) groups excluding carboxylic acids is 1. The predicted molar refractivity (Wildman–Crippen MR) is 56.3 cm³/mol. The molecule has 4 nitrogen and oxygen atoms in total. The largest absolute Gasteiger partial charge is 0.323 e. The zero-order chi connectivity index (χ0) is 10.7. The van der Waals surface area contributed by atoms with Gasteiger partial charge in [-0.25, -0.2) is 0 Å². The third kappa shape index (κ3) is 1.95. The van der Waals surface area contributed by atoms with Gasteiger partial charge in [0, 0.05) is 13.0 Å². The first-order valence-electron chi connectivity index (χ1n) is 4.94. The number of hydrogen-bond acceptors (Lipinski definition) is 2. The summed E-state index contributed by atoms with van der Waals surface area (Å²) in [5, 5.41) is 7.18. The van der Waals surface area contributed by atoms with Gasteiger partial charge < -0.3 is 5.32 Å². The Morgan fingerprint density at radius 2 is 2.07 bits per heavy atom. The fourth-order valence-electron chi connectivity index (χ4n) is 1.41. The smallest absolute Gasteiger partial charge is 0.224 e. The number of carbonyl (C=O) groups is 1. The number of anilines is 1. The van der Waals surface area contributed by atoms with E-state index in [1.54, 1.807) is 0 Å². The van der Waals surface area contributed by atoms with Crippen molar-refractivity contribution < 1.29 is 4.79 Å². The first-order chi connectivity index (χ1) is 6.60. The standard InChI is InChI=1S/C10H17N3O/c1-5-9(14)11-10-7(3)12-13(6-2)8(10)4/h5-6H2,1-4H3,(H,11,14). The minimum absolute atomic E-state index is 0.0341. The zero-order valence-electron chi connectivity index (χ0n) is 9.22. The van der Waals surface area contributed by atoms with Crippen LogP contribution in [0.25, 0.3) is 0 Å². The average molecular weight is 195 g/mol. The van der Waals surface area contributed by atoms with Crippen molar-refractivity contribution in [2.45, 2.75) is 40.7 Å². The first-order valence-corrected chi connectivity index (χ1v) is 4.94. The van der Waals surface area contributed by atoms with Gasteiger partial charge in [0.15, 0.2) is 0 Å². The SMILES string of the molecule is CCC(=O)Nc1c(C)nn(CC)c1C. The van der Waals surface area contributed by atoms with Gasteiger partial charge in [-0.2, -0.15) is 5.10 Å². The molecule has 0 saturated heterocycles. The van der Waals surface area contributed by atoms with Crippen LogP contribution >= 0.6 is 0 Å². The lowest BCUT2D eigenvalue weighted by Crippen LogP contribution is -2.11. The van der Waals surface area contributed by atoms with Crippen molar-refractivity contribution in [1.82, 2.24) is 9.78 Å². The second-order valence-electron chi connectivity index (χ2n) is 3.26. The molecule has 78 valence electrons. The molecule has 1 aromatic heterocycles. The Morgan fingerprint density at radius 3 is 2.50 bits per heavy atom. The van der Waals surface area contributed by atoms with E-state index in [0.29, 0.717) is 6.42 Å². The third-order valence-electron chi connectivity index (χ3n) is 2.27. The summed E-state index contributed by atoms with van der Waals surface area (Å²) < 4.78 is 1.89. The van der Waals surface area contributed by atoms with Crippen LogP contribution < -0.4 is 5.32 Å². The molecule has 1 rings (SSSR count). The summed E-state index contributed by atoms with van der Waals surface area (Å²) in [6, 6.07) is 0. The number of hydrogen-bond donors (Lipinski definition) is 1. The maximum atomic E-state index is 11.2. The average Bonchev–Trinajstić information content (AvgIpc) is 2.44. The third-order valence-corrected chi connectivity index (χ3v) is 2.27. The van der Waals surface area contributed by atoms with Gasteiger partial charge >= 0.3 is 0 Å². The summed E-state index contributed by atoms with van der Waals surface area (Å²) >= 11 is 0. The number of nitrogens with one attached hydrogen (secondary N) is 1. The molecule has 0 atom stereocenters. The highest BCUT2D eigenvalue weighted by molar-refractivity contribution is 5.91. The molecular formula is C10H17N3O. The van der Waals surface area contributed by atoms with Crippen molar-refractivity contribution in [3.63, 3.8) is 0 Å². The molecule has 0 unspecified atom stereocenters. The summed E-state index contributed by atoms with van der Waals surface area (Å²) in [6.07, 6.45) is 0.496. The maximum absolute atomic E-state index is 11.2. The van der Waals surface area contributed by atoms with Gasteiger partial charge in [0.1, 0.15) is 0 Å². The molecule has 0 spiro atoms. The highest BCUT2D eigenvalue weighted by Crippen LogP contribution is 2.19. The Labute approximate surface area is 84.3 Å². The van der Waals surface area contributed by atoms with Gasteiger partial charge in [0.25, 0.3) is 0 Å². The van der Waals surface area contributed by atoms with E-state index in [0.717, 1.165) is 23.6 Å². The van der Waals surface area contributed by atoms with E-state index in [1.165, 1.54) is 0 Å². The molecule has 0 aromatic carbocycles. The van der Waals surface area contributed by atoms with Crippen LogP contribution in [0.1, 0.15) is 31.7 Å². The van der Waals surface area contributed by atoms with Crippen molar-refractivity contribution in [3.05, 3.63) is 11.4 Å². The summed E-state index contributed by atoms with van der Waals surface area (Å²) in [4.78, 5) is 11.2. The lowest BCUT2D eigenvalue weighted by atomic mass is 10.3. The molecule has 0 aliphatic heterocycles. The summed E-state index contributed by atoms with van der Waals surface area (Å²) in [7, 11) is 0. The number of nitrogens with zero attached hydrogens (tertiary/aromatic N) is 2. The second kappa shape index (κ2) is 4.26. The van der Waals surface area contributed by atoms with Crippen LogP contribution in [0.3, 0.4) is 0 Å². The van der Waals surface area contributed by atoms with Crippen molar-refractivity contribution in [3.8, 4) is 0 Å². The van der Waals surface area contributed by atoms with Crippen LogP contribution in [0.2, 0.25) is 0 Å². The highest BCUT2D eigenvalue weighted by Gasteiger charge is 2.11. The van der Waals surface area contributed by atoms with Crippen LogP contribution in [0.5, 0.6) is 0 Å². The zero-order valence-corrected chi connectivity index (χ0v) is 9.22. The lowest BCUT2D eigenvalue weighted by molar-refractivity contribution is -0.115. The lowest BCUT2D eigenvalue weighted by Gasteiger charge is -2.03. The Bertz CT molecular complexity index is 341. The number of amides is 1. The first kappa shape index (κ1) is 10.8. The summed E-state index contributed by atoms with van der Waals surface area (Å²) in [6.45, 7) is 8.57. The van der Waals surface area contributed by atoms with Crippen LogP contribution in [-0.4, -0.2) is 15.7 Å². The van der Waals surface area contributed by atoms with Gasteiger partial charge in [-0.3, -0.25) is 9.48 Å². The van der Waals surface area contributed by atoms with Crippen molar-refractivity contribution in [2.24, 2.45) is 0 Å². The van der Waals surface area contributed by atoms with E-state index in [-0.39, 0.29) is 5.91 Å². The van der Waals surface area contributed by atoms with Gasteiger partial charge in [-0.05, 0) is 20.8 Å². The molecule has 0 aliphatic rings. The van der Waals surface area contributed by atoms with E-state index < -0.39 is 0 Å². The fourth-order valence-corrected chi connectivity index (χ4v) is 1.41. The normalized spacial score (nSPS) is 10.3. The molecule has 14 heavy (non-hydrogen) atoms. The van der Waals surface area contributed by atoms with E-state index >= 15 is 0 Å². The maximum Gasteiger partial charge on any atom is 0.224 e. The number of aryl methyl sites for hydroxylation is 2. The van der Waals surface area contributed by atoms with Crippen LogP contribution in [-0.2, 0) is 11.3 Å². The molecule has 0 fully saturated rings. The number of rotatable bonds is 3. The predicted octanol–water partition coefficient (Wildman–Crippen LogP) is 1.87. The quantitative estimate of drug-likeness (QED) is 0.800. The molecule has 1 aromatic rings. The van der Waals surface area contributed by atoms with Crippen molar-refractivity contribution in [1.29, 1.82) is 0 Å². The Balaban J connectivity index is 2.96. The van der Waals surface area contributed by atoms with Crippen molar-refractivity contribution >= 4 is 11.6 Å². The van der Waals surface area contributed by atoms with E-state index in [4.69, 9.17) is 0 Å². The molecular weight excluding hydrogens is 178 g/mol. The van der Waals surface area contributed by atoms with E-state index in [2.05, 4.69) is 10.4 Å².